The lowest BCUT2D eigenvalue weighted by molar-refractivity contribution is -0.110. The van der Waals surface area contributed by atoms with Gasteiger partial charge >= 0.3 is 0 Å². The summed E-state index contributed by atoms with van der Waals surface area (Å²) < 4.78 is 5.98. The highest BCUT2D eigenvalue weighted by atomic mass is 35.5. The van der Waals surface area contributed by atoms with E-state index >= 15 is 0 Å². The second-order valence-electron chi connectivity index (χ2n) is 6.01. The van der Waals surface area contributed by atoms with Crippen molar-refractivity contribution in [1.82, 2.24) is 0 Å². The van der Waals surface area contributed by atoms with E-state index in [1.54, 1.807) is 0 Å². The number of carbonyl (C=O) groups is 1. The number of carbonyl (C=O) groups excluding carboxylic acids is 1. The molecule has 4 rings (SSSR count). The molecule has 1 amide bonds. The quantitative estimate of drug-likeness (QED) is 0.631. The fourth-order valence-electron chi connectivity index (χ4n) is 2.91. The fraction of sp³-hybridized carbons (Fsp3) is 0.0455. The van der Waals surface area contributed by atoms with Crippen molar-refractivity contribution in [2.24, 2.45) is 0 Å². The highest BCUT2D eigenvalue weighted by molar-refractivity contribution is 6.35. The summed E-state index contributed by atoms with van der Waals surface area (Å²) in [6, 6.07) is 22.9. The van der Waals surface area contributed by atoms with Gasteiger partial charge < -0.3 is 10.1 Å². The fourth-order valence-corrected chi connectivity index (χ4v) is 3.04. The summed E-state index contributed by atoms with van der Waals surface area (Å²) >= 11 is 5.92. The summed E-state index contributed by atoms with van der Waals surface area (Å²) in [4.78, 5) is 12.3. The first-order valence-corrected chi connectivity index (χ1v) is 8.67. The van der Waals surface area contributed by atoms with E-state index in [9.17, 15) is 4.79 Å². The number of anilines is 1. The zero-order valence-electron chi connectivity index (χ0n) is 13.9. The highest BCUT2D eigenvalue weighted by Gasteiger charge is 2.23. The van der Waals surface area contributed by atoms with E-state index < -0.39 is 0 Å². The van der Waals surface area contributed by atoms with Crippen molar-refractivity contribution in [3.05, 3.63) is 94.5 Å². The Morgan fingerprint density at radius 1 is 0.923 bits per heavy atom. The van der Waals surface area contributed by atoms with E-state index in [2.05, 4.69) is 5.32 Å². The lowest BCUT2D eigenvalue weighted by Gasteiger charge is -2.10. The first-order chi connectivity index (χ1) is 12.7. The number of rotatable bonds is 4. The Hall–Kier alpha value is -3.04. The molecule has 0 saturated heterocycles. The molecule has 1 N–H and O–H groups in total. The van der Waals surface area contributed by atoms with Crippen LogP contribution in [0.4, 0.5) is 5.69 Å². The van der Waals surface area contributed by atoms with E-state index in [1.807, 2.05) is 78.9 Å². The first-order valence-electron chi connectivity index (χ1n) is 8.29. The van der Waals surface area contributed by atoms with Crippen LogP contribution in [0, 0.1) is 0 Å². The molecule has 1 heterocycles. The van der Waals surface area contributed by atoms with Gasteiger partial charge in [0.15, 0.2) is 0 Å². The number of amides is 1. The molecule has 0 unspecified atom stereocenters. The Morgan fingerprint density at radius 2 is 1.65 bits per heavy atom. The molecule has 0 fully saturated rings. The van der Waals surface area contributed by atoms with E-state index in [-0.39, 0.29) is 5.91 Å². The van der Waals surface area contributed by atoms with Gasteiger partial charge in [-0.05, 0) is 35.9 Å². The standard InChI is InChI=1S/C22H16ClNO2/c23-17-11-9-15(10-12-17)14-26-21-8-4-1-5-16(21)13-19-18-6-2-3-7-20(18)24-22(19)25/h1-13H,14H2,(H,24,25)/b19-13-. The van der Waals surface area contributed by atoms with Crippen LogP contribution in [0.15, 0.2) is 72.8 Å². The SMILES string of the molecule is O=C1Nc2ccccc2/C1=C/c1ccccc1OCc1ccc(Cl)cc1. The molecule has 0 spiro atoms. The van der Waals surface area contributed by atoms with Gasteiger partial charge in [-0.15, -0.1) is 0 Å². The number of benzene rings is 3. The number of nitrogens with one attached hydrogen (secondary N) is 1. The molecule has 4 heteroatoms. The van der Waals surface area contributed by atoms with Crippen molar-refractivity contribution >= 4 is 34.8 Å². The monoisotopic (exact) mass is 361 g/mol. The van der Waals surface area contributed by atoms with Crippen LogP contribution in [0.3, 0.4) is 0 Å². The Labute approximate surface area is 156 Å². The molecule has 26 heavy (non-hydrogen) atoms. The maximum Gasteiger partial charge on any atom is 0.256 e. The predicted octanol–water partition coefficient (Wildman–Crippen LogP) is 5.41. The van der Waals surface area contributed by atoms with Gasteiger partial charge in [0.05, 0.1) is 0 Å². The van der Waals surface area contributed by atoms with E-state index in [4.69, 9.17) is 16.3 Å². The molecule has 3 aromatic rings. The van der Waals surface area contributed by atoms with Crippen LogP contribution in [-0.4, -0.2) is 5.91 Å². The molecule has 3 nitrogen and oxygen atoms in total. The minimum atomic E-state index is -0.0984. The molecule has 0 aromatic heterocycles. The molecular formula is C22H16ClNO2. The summed E-state index contributed by atoms with van der Waals surface area (Å²) in [5.41, 5.74) is 4.28. The molecular weight excluding hydrogens is 346 g/mol. The minimum Gasteiger partial charge on any atom is -0.488 e. The zero-order valence-corrected chi connectivity index (χ0v) is 14.7. The maximum absolute atomic E-state index is 12.3. The number of halogens is 1. The average Bonchev–Trinajstić information content (AvgIpc) is 2.98. The van der Waals surface area contributed by atoms with Gasteiger partial charge in [-0.3, -0.25) is 4.79 Å². The molecule has 0 aliphatic carbocycles. The van der Waals surface area contributed by atoms with E-state index in [1.165, 1.54) is 0 Å². The Morgan fingerprint density at radius 3 is 2.50 bits per heavy atom. The van der Waals surface area contributed by atoms with Crippen molar-refractivity contribution in [3.8, 4) is 5.75 Å². The third-order valence-corrected chi connectivity index (χ3v) is 4.49. The summed E-state index contributed by atoms with van der Waals surface area (Å²) in [5.74, 6) is 0.630. The Balaban J connectivity index is 1.62. The Kier molecular flexibility index (Phi) is 4.46. The number of fused-ring (bicyclic) bond motifs is 1. The van der Waals surface area contributed by atoms with Crippen LogP contribution < -0.4 is 10.1 Å². The summed E-state index contributed by atoms with van der Waals surface area (Å²) in [5, 5.41) is 3.59. The smallest absolute Gasteiger partial charge is 0.256 e. The minimum absolute atomic E-state index is 0.0984. The van der Waals surface area contributed by atoms with Gasteiger partial charge in [0.1, 0.15) is 12.4 Å². The normalized spacial score (nSPS) is 14.2. The molecule has 3 aromatic carbocycles. The lowest BCUT2D eigenvalue weighted by Crippen LogP contribution is -2.03. The maximum atomic E-state index is 12.3. The second kappa shape index (κ2) is 7.06. The molecule has 128 valence electrons. The van der Waals surface area contributed by atoms with E-state index in [0.29, 0.717) is 17.2 Å². The molecule has 1 aliphatic rings. The van der Waals surface area contributed by atoms with Crippen LogP contribution in [0.25, 0.3) is 11.6 Å². The molecule has 1 aliphatic heterocycles. The largest absolute Gasteiger partial charge is 0.488 e. The predicted molar refractivity (Wildman–Crippen MR) is 105 cm³/mol. The van der Waals surface area contributed by atoms with Crippen LogP contribution in [0.2, 0.25) is 5.02 Å². The molecule has 0 radical (unpaired) electrons. The zero-order chi connectivity index (χ0) is 17.9. The van der Waals surface area contributed by atoms with Crippen molar-refractivity contribution < 1.29 is 9.53 Å². The molecule has 0 bridgehead atoms. The van der Waals surface area contributed by atoms with Crippen molar-refractivity contribution in [2.75, 3.05) is 5.32 Å². The van der Waals surface area contributed by atoms with Gasteiger partial charge in [0, 0.05) is 27.4 Å². The van der Waals surface area contributed by atoms with Crippen LogP contribution >= 0.6 is 11.6 Å². The highest BCUT2D eigenvalue weighted by Crippen LogP contribution is 2.34. The van der Waals surface area contributed by atoms with Gasteiger partial charge in [-0.25, -0.2) is 0 Å². The Bertz CT molecular complexity index is 993. The number of hydrogen-bond donors (Lipinski definition) is 1. The third-order valence-electron chi connectivity index (χ3n) is 4.24. The average molecular weight is 362 g/mol. The van der Waals surface area contributed by atoms with E-state index in [0.717, 1.165) is 28.1 Å². The van der Waals surface area contributed by atoms with Gasteiger partial charge in [-0.2, -0.15) is 0 Å². The van der Waals surface area contributed by atoms with Gasteiger partial charge in [0.2, 0.25) is 0 Å². The van der Waals surface area contributed by atoms with Crippen molar-refractivity contribution in [1.29, 1.82) is 0 Å². The van der Waals surface area contributed by atoms with Crippen molar-refractivity contribution in [2.45, 2.75) is 6.61 Å². The number of ether oxygens (including phenoxy) is 1. The van der Waals surface area contributed by atoms with Gasteiger partial charge in [0.25, 0.3) is 5.91 Å². The topological polar surface area (TPSA) is 38.3 Å². The summed E-state index contributed by atoms with van der Waals surface area (Å²) in [7, 11) is 0. The van der Waals surface area contributed by atoms with Crippen LogP contribution in [-0.2, 0) is 11.4 Å². The van der Waals surface area contributed by atoms with Crippen LogP contribution in [0.1, 0.15) is 16.7 Å². The second-order valence-corrected chi connectivity index (χ2v) is 6.45. The van der Waals surface area contributed by atoms with Gasteiger partial charge in [-0.1, -0.05) is 60.1 Å². The summed E-state index contributed by atoms with van der Waals surface area (Å²) in [6.07, 6.45) is 1.87. The number of para-hydroxylation sites is 2. The summed E-state index contributed by atoms with van der Waals surface area (Å²) in [6.45, 7) is 0.431. The molecule has 0 saturated carbocycles. The van der Waals surface area contributed by atoms with Crippen LogP contribution in [0.5, 0.6) is 5.75 Å². The number of hydrogen-bond acceptors (Lipinski definition) is 2. The lowest BCUT2D eigenvalue weighted by atomic mass is 10.0. The molecule has 0 atom stereocenters. The first kappa shape index (κ1) is 16.4. The third kappa shape index (κ3) is 3.35. The van der Waals surface area contributed by atoms with Crippen molar-refractivity contribution in [3.63, 3.8) is 0 Å².